The lowest BCUT2D eigenvalue weighted by Crippen LogP contribution is -2.26. The average molecular weight is 330 g/mol. The second-order valence-electron chi connectivity index (χ2n) is 4.33. The van der Waals surface area contributed by atoms with Gasteiger partial charge < -0.3 is 4.90 Å². The second kappa shape index (κ2) is 6.31. The van der Waals surface area contributed by atoms with Gasteiger partial charge in [-0.3, -0.25) is 4.79 Å². The van der Waals surface area contributed by atoms with Crippen LogP contribution in [0.3, 0.4) is 0 Å². The highest BCUT2D eigenvalue weighted by atomic mass is 79.9. The Hall–Kier alpha value is -2.19. The molecule has 2 aromatic rings. The van der Waals surface area contributed by atoms with Crippen molar-refractivity contribution in [1.29, 1.82) is 5.26 Å². The summed E-state index contributed by atoms with van der Waals surface area (Å²) >= 11 is 3.37. The zero-order chi connectivity index (χ0) is 14.5. The summed E-state index contributed by atoms with van der Waals surface area (Å²) in [4.78, 5) is 17.8. The number of amides is 1. The lowest BCUT2D eigenvalue weighted by molar-refractivity contribution is 0.0779. The lowest BCUT2D eigenvalue weighted by atomic mass is 10.2. The highest BCUT2D eigenvalue weighted by Crippen LogP contribution is 2.12. The van der Waals surface area contributed by atoms with Crippen LogP contribution in [0.4, 0.5) is 0 Å². The third-order valence-electron chi connectivity index (χ3n) is 2.79. The minimum Gasteiger partial charge on any atom is -0.336 e. The third kappa shape index (κ3) is 3.43. The van der Waals surface area contributed by atoms with E-state index in [-0.39, 0.29) is 5.91 Å². The van der Waals surface area contributed by atoms with Crippen molar-refractivity contribution in [1.82, 2.24) is 9.88 Å². The van der Waals surface area contributed by atoms with Crippen LogP contribution < -0.4 is 0 Å². The molecule has 0 aliphatic rings. The van der Waals surface area contributed by atoms with E-state index in [1.807, 2.05) is 30.3 Å². The van der Waals surface area contributed by atoms with E-state index < -0.39 is 0 Å². The van der Waals surface area contributed by atoms with Gasteiger partial charge in [-0.25, -0.2) is 4.98 Å². The quantitative estimate of drug-likeness (QED) is 0.869. The number of hydrogen-bond donors (Lipinski definition) is 0. The van der Waals surface area contributed by atoms with E-state index in [0.717, 1.165) is 10.0 Å². The summed E-state index contributed by atoms with van der Waals surface area (Å²) in [6.45, 7) is 0.508. The fourth-order valence-electron chi connectivity index (χ4n) is 1.72. The topological polar surface area (TPSA) is 57.0 Å². The lowest BCUT2D eigenvalue weighted by Gasteiger charge is -2.16. The third-order valence-corrected chi connectivity index (χ3v) is 3.32. The molecular formula is C15H12BrN3O. The molecule has 100 valence electrons. The number of carbonyl (C=O) groups is 1. The standard InChI is InChI=1S/C15H12BrN3O/c1-19(10-11-2-5-13(16)6-3-11)15(20)14-7-4-12(8-17)9-18-14/h2-7,9H,10H2,1H3. The van der Waals surface area contributed by atoms with Crippen LogP contribution in [-0.4, -0.2) is 22.8 Å². The van der Waals surface area contributed by atoms with Gasteiger partial charge in [-0.1, -0.05) is 28.1 Å². The molecule has 1 aromatic heterocycles. The summed E-state index contributed by atoms with van der Waals surface area (Å²) in [7, 11) is 1.73. The van der Waals surface area contributed by atoms with Crippen molar-refractivity contribution in [3.63, 3.8) is 0 Å². The summed E-state index contributed by atoms with van der Waals surface area (Å²) in [5.41, 5.74) is 1.82. The average Bonchev–Trinajstić information content (AvgIpc) is 2.49. The number of nitrogens with zero attached hydrogens (tertiary/aromatic N) is 3. The van der Waals surface area contributed by atoms with E-state index in [4.69, 9.17) is 5.26 Å². The minimum atomic E-state index is -0.169. The number of nitriles is 1. The SMILES string of the molecule is CN(Cc1ccc(Br)cc1)C(=O)c1ccc(C#N)cn1. The maximum Gasteiger partial charge on any atom is 0.272 e. The molecule has 0 bridgehead atoms. The number of rotatable bonds is 3. The zero-order valence-electron chi connectivity index (χ0n) is 10.9. The van der Waals surface area contributed by atoms with Gasteiger partial charge in [-0.15, -0.1) is 0 Å². The number of carbonyl (C=O) groups excluding carboxylic acids is 1. The molecule has 0 N–H and O–H groups in total. The van der Waals surface area contributed by atoms with Gasteiger partial charge in [-0.05, 0) is 29.8 Å². The Bertz CT molecular complexity index is 644. The first kappa shape index (κ1) is 14.2. The fourth-order valence-corrected chi connectivity index (χ4v) is 1.98. The minimum absolute atomic E-state index is 0.169. The van der Waals surface area contributed by atoms with Gasteiger partial charge in [0, 0.05) is 24.3 Å². The molecule has 1 aromatic carbocycles. The Kier molecular flexibility index (Phi) is 4.49. The molecule has 0 saturated heterocycles. The maximum absolute atomic E-state index is 12.2. The molecular weight excluding hydrogens is 318 g/mol. The van der Waals surface area contributed by atoms with Crippen LogP contribution in [0, 0.1) is 11.3 Å². The van der Waals surface area contributed by atoms with E-state index in [0.29, 0.717) is 17.8 Å². The van der Waals surface area contributed by atoms with Crippen LogP contribution in [-0.2, 0) is 6.54 Å². The van der Waals surface area contributed by atoms with Crippen LogP contribution in [0.5, 0.6) is 0 Å². The molecule has 0 radical (unpaired) electrons. The van der Waals surface area contributed by atoms with Gasteiger partial charge in [-0.2, -0.15) is 5.26 Å². The van der Waals surface area contributed by atoms with Crippen molar-refractivity contribution in [2.75, 3.05) is 7.05 Å². The molecule has 1 amide bonds. The molecule has 0 aliphatic carbocycles. The number of hydrogen-bond acceptors (Lipinski definition) is 3. The van der Waals surface area contributed by atoms with E-state index >= 15 is 0 Å². The predicted octanol–water partition coefficient (Wildman–Crippen LogP) is 2.99. The van der Waals surface area contributed by atoms with Crippen molar-refractivity contribution in [3.05, 3.63) is 63.9 Å². The highest BCUT2D eigenvalue weighted by Gasteiger charge is 2.13. The predicted molar refractivity (Wildman–Crippen MR) is 78.9 cm³/mol. The normalized spacial score (nSPS) is 9.85. The first-order valence-electron chi connectivity index (χ1n) is 5.96. The number of benzene rings is 1. The maximum atomic E-state index is 12.2. The molecule has 0 saturated carbocycles. The van der Waals surface area contributed by atoms with E-state index in [2.05, 4.69) is 20.9 Å². The molecule has 0 atom stereocenters. The Morgan fingerprint density at radius 3 is 2.55 bits per heavy atom. The molecule has 2 rings (SSSR count). The van der Waals surface area contributed by atoms with Crippen LogP contribution >= 0.6 is 15.9 Å². The molecule has 20 heavy (non-hydrogen) atoms. The van der Waals surface area contributed by atoms with Crippen LogP contribution in [0.1, 0.15) is 21.6 Å². The summed E-state index contributed by atoms with van der Waals surface area (Å²) < 4.78 is 1.00. The van der Waals surface area contributed by atoms with Gasteiger partial charge in [0.2, 0.25) is 0 Å². The van der Waals surface area contributed by atoms with E-state index in [1.54, 1.807) is 24.1 Å². The summed E-state index contributed by atoms with van der Waals surface area (Å²) in [5.74, 6) is -0.169. The van der Waals surface area contributed by atoms with Gasteiger partial charge in [0.05, 0.1) is 5.56 Å². The van der Waals surface area contributed by atoms with Gasteiger partial charge >= 0.3 is 0 Å². The second-order valence-corrected chi connectivity index (χ2v) is 5.25. The Morgan fingerprint density at radius 1 is 1.30 bits per heavy atom. The zero-order valence-corrected chi connectivity index (χ0v) is 12.5. The van der Waals surface area contributed by atoms with Crippen molar-refractivity contribution < 1.29 is 4.79 Å². The van der Waals surface area contributed by atoms with Crippen molar-refractivity contribution >= 4 is 21.8 Å². The largest absolute Gasteiger partial charge is 0.336 e. The summed E-state index contributed by atoms with van der Waals surface area (Å²) in [6, 6.07) is 12.9. The first-order chi connectivity index (χ1) is 9.60. The Balaban J connectivity index is 2.08. The number of pyridine rings is 1. The molecule has 5 heteroatoms. The van der Waals surface area contributed by atoms with Crippen molar-refractivity contribution in [3.8, 4) is 6.07 Å². The van der Waals surface area contributed by atoms with E-state index in [9.17, 15) is 4.79 Å². The van der Waals surface area contributed by atoms with Crippen molar-refractivity contribution in [2.45, 2.75) is 6.54 Å². The van der Waals surface area contributed by atoms with Gasteiger partial charge in [0.25, 0.3) is 5.91 Å². The van der Waals surface area contributed by atoms with Gasteiger partial charge in [0.15, 0.2) is 0 Å². The molecule has 0 aliphatic heterocycles. The smallest absolute Gasteiger partial charge is 0.272 e. The molecule has 4 nitrogen and oxygen atoms in total. The number of aromatic nitrogens is 1. The molecule has 0 fully saturated rings. The molecule has 1 heterocycles. The summed E-state index contributed by atoms with van der Waals surface area (Å²) in [5, 5.41) is 8.70. The first-order valence-corrected chi connectivity index (χ1v) is 6.75. The van der Waals surface area contributed by atoms with Crippen LogP contribution in [0.2, 0.25) is 0 Å². The summed E-state index contributed by atoms with van der Waals surface area (Å²) in [6.07, 6.45) is 1.40. The van der Waals surface area contributed by atoms with Crippen LogP contribution in [0.25, 0.3) is 0 Å². The van der Waals surface area contributed by atoms with Crippen LogP contribution in [0.15, 0.2) is 47.1 Å². The highest BCUT2D eigenvalue weighted by molar-refractivity contribution is 9.10. The fraction of sp³-hybridized carbons (Fsp3) is 0.133. The Morgan fingerprint density at radius 2 is 2.00 bits per heavy atom. The van der Waals surface area contributed by atoms with Gasteiger partial charge in [0.1, 0.15) is 11.8 Å². The van der Waals surface area contributed by atoms with E-state index in [1.165, 1.54) is 6.20 Å². The molecule has 0 spiro atoms. The number of halogens is 1. The molecule has 0 unspecified atom stereocenters. The Labute approximate surface area is 125 Å². The monoisotopic (exact) mass is 329 g/mol. The van der Waals surface area contributed by atoms with Crippen molar-refractivity contribution in [2.24, 2.45) is 0 Å².